The number of nitrogens with two attached hydrogens (primary N) is 1. The lowest BCUT2D eigenvalue weighted by molar-refractivity contribution is -0.116. The van der Waals surface area contributed by atoms with Crippen molar-refractivity contribution in [3.63, 3.8) is 0 Å². The molecular weight excluding hydrogens is 328 g/mol. The number of methoxy groups -OCH3 is 1. The summed E-state index contributed by atoms with van der Waals surface area (Å²) in [7, 11) is 1.58. The van der Waals surface area contributed by atoms with Crippen LogP contribution in [0.15, 0.2) is 48.5 Å². The average molecular weight is 351 g/mol. The van der Waals surface area contributed by atoms with Crippen LogP contribution in [0.2, 0.25) is 0 Å². The van der Waals surface area contributed by atoms with Crippen LogP contribution in [-0.2, 0) is 4.79 Å². The van der Waals surface area contributed by atoms with E-state index in [1.54, 1.807) is 25.3 Å². The number of halogens is 1. The molecule has 0 saturated heterocycles. The lowest BCUT2D eigenvalue weighted by atomic mass is 10.0. The molecule has 0 bridgehead atoms. The standard InChI is InChI=1S/C18H22N2O3.ClH/c1-3-23-17-10-9-14(22-2)11-16(17)20-18(21)12-15(19)13-7-5-4-6-8-13;/h4-11,15H,3,12,19H2,1-2H3,(H,20,21);1H. The van der Waals surface area contributed by atoms with Crippen LogP contribution in [0.1, 0.15) is 24.9 Å². The molecule has 0 aliphatic rings. The van der Waals surface area contributed by atoms with Gasteiger partial charge in [0.1, 0.15) is 11.5 Å². The van der Waals surface area contributed by atoms with E-state index in [-0.39, 0.29) is 30.8 Å². The van der Waals surface area contributed by atoms with Gasteiger partial charge in [-0.1, -0.05) is 30.3 Å². The van der Waals surface area contributed by atoms with E-state index in [2.05, 4.69) is 5.32 Å². The second-order valence-electron chi connectivity index (χ2n) is 5.06. The van der Waals surface area contributed by atoms with Crippen molar-refractivity contribution in [2.24, 2.45) is 5.73 Å². The Hall–Kier alpha value is -2.24. The van der Waals surface area contributed by atoms with Crippen molar-refractivity contribution in [1.29, 1.82) is 0 Å². The van der Waals surface area contributed by atoms with Crippen molar-refractivity contribution in [3.05, 3.63) is 54.1 Å². The largest absolute Gasteiger partial charge is 0.497 e. The molecular formula is C18H23ClN2O3. The van der Waals surface area contributed by atoms with Gasteiger partial charge in [0.05, 0.1) is 19.4 Å². The third-order valence-corrected chi connectivity index (χ3v) is 3.39. The third kappa shape index (κ3) is 5.44. The van der Waals surface area contributed by atoms with Gasteiger partial charge in [-0.15, -0.1) is 12.4 Å². The molecule has 0 aliphatic heterocycles. The topological polar surface area (TPSA) is 73.6 Å². The van der Waals surface area contributed by atoms with Crippen LogP contribution in [0.5, 0.6) is 11.5 Å². The third-order valence-electron chi connectivity index (χ3n) is 3.39. The van der Waals surface area contributed by atoms with Gasteiger partial charge in [-0.2, -0.15) is 0 Å². The molecule has 0 spiro atoms. The normalized spacial score (nSPS) is 11.1. The van der Waals surface area contributed by atoms with E-state index in [0.29, 0.717) is 23.8 Å². The summed E-state index contributed by atoms with van der Waals surface area (Å²) in [6.45, 7) is 2.40. The van der Waals surface area contributed by atoms with Gasteiger partial charge >= 0.3 is 0 Å². The number of carbonyl (C=O) groups is 1. The molecule has 0 saturated carbocycles. The first kappa shape index (κ1) is 19.8. The molecule has 24 heavy (non-hydrogen) atoms. The number of hydrogen-bond acceptors (Lipinski definition) is 4. The molecule has 130 valence electrons. The van der Waals surface area contributed by atoms with Crippen molar-refractivity contribution in [2.45, 2.75) is 19.4 Å². The molecule has 0 aromatic heterocycles. The highest BCUT2D eigenvalue weighted by Crippen LogP contribution is 2.29. The van der Waals surface area contributed by atoms with Crippen LogP contribution in [-0.4, -0.2) is 19.6 Å². The molecule has 0 radical (unpaired) electrons. The Morgan fingerprint density at radius 2 is 1.92 bits per heavy atom. The van der Waals surface area contributed by atoms with E-state index in [0.717, 1.165) is 5.56 Å². The number of nitrogens with one attached hydrogen (secondary N) is 1. The zero-order chi connectivity index (χ0) is 16.7. The SMILES string of the molecule is CCOc1ccc(OC)cc1NC(=O)CC(N)c1ccccc1.Cl. The monoisotopic (exact) mass is 350 g/mol. The van der Waals surface area contributed by atoms with Crippen molar-refractivity contribution in [3.8, 4) is 11.5 Å². The zero-order valence-electron chi connectivity index (χ0n) is 13.8. The number of hydrogen-bond donors (Lipinski definition) is 2. The highest BCUT2D eigenvalue weighted by Gasteiger charge is 2.14. The molecule has 2 rings (SSSR count). The minimum absolute atomic E-state index is 0. The summed E-state index contributed by atoms with van der Waals surface area (Å²) in [5.41, 5.74) is 7.59. The van der Waals surface area contributed by atoms with Crippen molar-refractivity contribution < 1.29 is 14.3 Å². The minimum Gasteiger partial charge on any atom is -0.497 e. The molecule has 5 nitrogen and oxygen atoms in total. The Balaban J connectivity index is 0.00000288. The molecule has 1 amide bonds. The predicted molar refractivity (Wildman–Crippen MR) is 98.0 cm³/mol. The molecule has 2 aromatic carbocycles. The lowest BCUT2D eigenvalue weighted by Gasteiger charge is -2.15. The minimum atomic E-state index is -0.350. The van der Waals surface area contributed by atoms with E-state index in [4.69, 9.17) is 15.2 Å². The van der Waals surface area contributed by atoms with E-state index < -0.39 is 0 Å². The maximum Gasteiger partial charge on any atom is 0.226 e. The summed E-state index contributed by atoms with van der Waals surface area (Å²) in [5.74, 6) is 1.08. The van der Waals surface area contributed by atoms with Crippen LogP contribution in [0.3, 0.4) is 0 Å². The van der Waals surface area contributed by atoms with Gasteiger partial charge in [-0.05, 0) is 24.6 Å². The quantitative estimate of drug-likeness (QED) is 0.801. The van der Waals surface area contributed by atoms with Gasteiger partial charge in [-0.3, -0.25) is 4.79 Å². The van der Waals surface area contributed by atoms with Crippen molar-refractivity contribution in [1.82, 2.24) is 0 Å². The fourth-order valence-corrected chi connectivity index (χ4v) is 2.23. The van der Waals surface area contributed by atoms with Gasteiger partial charge in [-0.25, -0.2) is 0 Å². The Morgan fingerprint density at radius 3 is 2.54 bits per heavy atom. The fraction of sp³-hybridized carbons (Fsp3) is 0.278. The maximum atomic E-state index is 12.3. The predicted octanol–water partition coefficient (Wildman–Crippen LogP) is 3.54. The number of amides is 1. The first-order valence-corrected chi connectivity index (χ1v) is 7.55. The Kier molecular flexibility index (Phi) is 8.09. The number of rotatable bonds is 7. The van der Waals surface area contributed by atoms with Gasteiger partial charge in [0.25, 0.3) is 0 Å². The number of benzene rings is 2. The molecule has 1 unspecified atom stereocenters. The van der Waals surface area contributed by atoms with Gasteiger partial charge in [0, 0.05) is 18.5 Å². The molecule has 6 heteroatoms. The van der Waals surface area contributed by atoms with E-state index in [9.17, 15) is 4.79 Å². The van der Waals surface area contributed by atoms with Crippen molar-refractivity contribution in [2.75, 3.05) is 19.0 Å². The zero-order valence-corrected chi connectivity index (χ0v) is 14.6. The second kappa shape index (κ2) is 9.80. The van der Waals surface area contributed by atoms with E-state index >= 15 is 0 Å². The average Bonchev–Trinajstić information content (AvgIpc) is 2.57. The Bertz CT molecular complexity index is 650. The molecule has 0 fully saturated rings. The number of carbonyl (C=O) groups excluding carboxylic acids is 1. The first-order valence-electron chi connectivity index (χ1n) is 7.55. The summed E-state index contributed by atoms with van der Waals surface area (Å²) < 4.78 is 10.7. The highest BCUT2D eigenvalue weighted by atomic mass is 35.5. The van der Waals surface area contributed by atoms with Gasteiger partial charge < -0.3 is 20.5 Å². The van der Waals surface area contributed by atoms with Crippen molar-refractivity contribution >= 4 is 24.0 Å². The van der Waals surface area contributed by atoms with E-state index in [1.165, 1.54) is 0 Å². The molecule has 0 heterocycles. The molecule has 3 N–H and O–H groups in total. The maximum absolute atomic E-state index is 12.3. The van der Waals surface area contributed by atoms with Gasteiger partial charge in [0.15, 0.2) is 0 Å². The smallest absolute Gasteiger partial charge is 0.226 e. The van der Waals surface area contributed by atoms with Crippen LogP contribution >= 0.6 is 12.4 Å². The van der Waals surface area contributed by atoms with Gasteiger partial charge in [0.2, 0.25) is 5.91 Å². The Labute approximate surface area is 148 Å². The summed E-state index contributed by atoms with van der Waals surface area (Å²) in [6.07, 6.45) is 0.187. The first-order chi connectivity index (χ1) is 11.1. The highest BCUT2D eigenvalue weighted by molar-refractivity contribution is 5.93. The van der Waals surface area contributed by atoms with Crippen LogP contribution in [0.25, 0.3) is 0 Å². The summed E-state index contributed by atoms with van der Waals surface area (Å²) in [5, 5.41) is 2.85. The Morgan fingerprint density at radius 1 is 1.21 bits per heavy atom. The lowest BCUT2D eigenvalue weighted by Crippen LogP contribution is -2.21. The summed E-state index contributed by atoms with van der Waals surface area (Å²) in [6, 6.07) is 14.5. The van der Waals surface area contributed by atoms with E-state index in [1.807, 2.05) is 37.3 Å². The second-order valence-corrected chi connectivity index (χ2v) is 5.06. The molecule has 0 aliphatic carbocycles. The number of anilines is 1. The molecule has 2 aromatic rings. The van der Waals surface area contributed by atoms with Crippen LogP contribution in [0, 0.1) is 0 Å². The number of ether oxygens (including phenoxy) is 2. The van der Waals surface area contributed by atoms with Crippen LogP contribution < -0.4 is 20.5 Å². The fourth-order valence-electron chi connectivity index (χ4n) is 2.23. The summed E-state index contributed by atoms with van der Waals surface area (Å²) >= 11 is 0. The molecule has 1 atom stereocenters. The van der Waals surface area contributed by atoms with Crippen LogP contribution in [0.4, 0.5) is 5.69 Å². The summed E-state index contributed by atoms with van der Waals surface area (Å²) in [4.78, 5) is 12.3.